The second-order valence-corrected chi connectivity index (χ2v) is 10.4. The van der Waals surface area contributed by atoms with Crippen LogP contribution in [0.25, 0.3) is 22.8 Å². The molecular weight excluding hydrogens is 466 g/mol. The van der Waals surface area contributed by atoms with Gasteiger partial charge in [0.25, 0.3) is 0 Å². The first-order valence-corrected chi connectivity index (χ1v) is 12.6. The third kappa shape index (κ3) is 3.19. The molecule has 0 radical (unpaired) electrons. The summed E-state index contributed by atoms with van der Waals surface area (Å²) in [5.74, 6) is 0.495. The predicted molar refractivity (Wildman–Crippen MR) is 145 cm³/mol. The number of nitrogens with zero attached hydrogens (tertiary/aromatic N) is 1. The van der Waals surface area contributed by atoms with Gasteiger partial charge in [0.05, 0.1) is 27.9 Å². The molecule has 0 saturated carbocycles. The molecule has 2 heteroatoms. The molecule has 0 saturated heterocycles. The van der Waals surface area contributed by atoms with Crippen LogP contribution >= 0.6 is 16.1 Å². The Morgan fingerprint density at radius 3 is 2.48 bits per heavy atom. The van der Waals surface area contributed by atoms with Crippen LogP contribution in [0.2, 0.25) is 0 Å². The normalized spacial score (nSPS) is 20.2. The highest BCUT2D eigenvalue weighted by Crippen LogP contribution is 2.54. The van der Waals surface area contributed by atoms with Gasteiger partial charge in [-0.2, -0.15) is 0 Å². The lowest BCUT2D eigenvalue weighted by molar-refractivity contribution is 0.743. The van der Waals surface area contributed by atoms with E-state index in [0.29, 0.717) is 12.0 Å². The Balaban J connectivity index is 1.47. The van der Waals surface area contributed by atoms with E-state index in [9.17, 15) is 0 Å². The largest absolute Gasteiger partial charge is 0.297 e. The van der Waals surface area contributed by atoms with Gasteiger partial charge in [0.2, 0.25) is 0 Å². The highest BCUT2D eigenvalue weighted by molar-refractivity contribution is 9.10. The molecule has 164 valence electrons. The molecule has 0 bridgehead atoms. The van der Waals surface area contributed by atoms with Crippen molar-refractivity contribution in [1.29, 1.82) is 0 Å². The first-order valence-electron chi connectivity index (χ1n) is 11.9. The molecule has 33 heavy (non-hydrogen) atoms. The van der Waals surface area contributed by atoms with Crippen molar-refractivity contribution in [2.75, 3.05) is 3.93 Å². The lowest BCUT2D eigenvalue weighted by Crippen LogP contribution is -2.21. The molecule has 3 aromatic carbocycles. The van der Waals surface area contributed by atoms with Crippen LogP contribution in [0.15, 0.2) is 84.0 Å². The van der Waals surface area contributed by atoms with E-state index in [2.05, 4.69) is 120 Å². The SMILES string of the molecule is CC1=C(C)C2C(=C1)c1c(cc(C)c(CCC3C=Cc4ccccc43)c1-c1ccccc1)N2Br. The number of allylic oxidation sites excluding steroid dienone is 3. The van der Waals surface area contributed by atoms with E-state index in [0.717, 1.165) is 12.8 Å². The Labute approximate surface area is 205 Å². The zero-order chi connectivity index (χ0) is 22.7. The number of hydrogen-bond donors (Lipinski definition) is 0. The molecule has 3 aliphatic rings. The summed E-state index contributed by atoms with van der Waals surface area (Å²) in [7, 11) is 0. The zero-order valence-corrected chi connectivity index (χ0v) is 21.0. The summed E-state index contributed by atoms with van der Waals surface area (Å²) in [5.41, 5.74) is 15.4. The van der Waals surface area contributed by atoms with Gasteiger partial charge < -0.3 is 0 Å². The van der Waals surface area contributed by atoms with Gasteiger partial charge in [-0.1, -0.05) is 72.8 Å². The summed E-state index contributed by atoms with van der Waals surface area (Å²) < 4.78 is 2.30. The van der Waals surface area contributed by atoms with Crippen molar-refractivity contribution in [3.8, 4) is 11.1 Å². The second-order valence-electron chi connectivity index (χ2n) is 9.62. The summed E-state index contributed by atoms with van der Waals surface area (Å²) in [6.45, 7) is 6.80. The van der Waals surface area contributed by atoms with Crippen molar-refractivity contribution < 1.29 is 0 Å². The van der Waals surface area contributed by atoms with Gasteiger partial charge >= 0.3 is 0 Å². The number of fused-ring (bicyclic) bond motifs is 4. The lowest BCUT2D eigenvalue weighted by Gasteiger charge is -2.22. The molecule has 0 amide bonds. The van der Waals surface area contributed by atoms with Crippen LogP contribution in [0.3, 0.4) is 0 Å². The van der Waals surface area contributed by atoms with E-state index in [1.54, 1.807) is 0 Å². The Kier molecular flexibility index (Phi) is 4.96. The van der Waals surface area contributed by atoms with Gasteiger partial charge in [0.1, 0.15) is 0 Å². The van der Waals surface area contributed by atoms with Gasteiger partial charge in [-0.3, -0.25) is 3.93 Å². The zero-order valence-electron chi connectivity index (χ0n) is 19.4. The maximum absolute atomic E-state index is 3.94. The summed E-state index contributed by atoms with van der Waals surface area (Å²) >= 11 is 3.94. The van der Waals surface area contributed by atoms with E-state index in [4.69, 9.17) is 0 Å². The van der Waals surface area contributed by atoms with Crippen LogP contribution in [0.1, 0.15) is 54.0 Å². The maximum Gasteiger partial charge on any atom is 0.0876 e. The predicted octanol–water partition coefficient (Wildman–Crippen LogP) is 8.64. The fraction of sp³-hybridized carbons (Fsp3) is 0.226. The van der Waals surface area contributed by atoms with Crippen molar-refractivity contribution in [2.24, 2.45) is 0 Å². The van der Waals surface area contributed by atoms with Crippen LogP contribution in [-0.2, 0) is 6.42 Å². The average molecular weight is 494 g/mol. The second kappa shape index (κ2) is 7.88. The highest BCUT2D eigenvalue weighted by Gasteiger charge is 2.40. The van der Waals surface area contributed by atoms with Crippen molar-refractivity contribution in [3.05, 3.63) is 112 Å². The van der Waals surface area contributed by atoms with Crippen molar-refractivity contribution >= 4 is 33.5 Å². The third-order valence-corrected chi connectivity index (χ3v) is 8.54. The first kappa shape index (κ1) is 20.7. The Hall–Kier alpha value is -2.84. The number of hydrogen-bond acceptors (Lipinski definition) is 1. The summed E-state index contributed by atoms with van der Waals surface area (Å²) in [4.78, 5) is 0. The minimum atomic E-state index is 0.293. The standard InChI is InChI=1S/C31H28BrN/c1-19-17-27-30-28(33(32)31(27)21(19)3)18-20(2)25(29(30)24-10-5-4-6-11-24)16-15-23-14-13-22-9-7-8-12-26(22)23/h4-14,17-18,23,31H,15-16H2,1-3H3. The van der Waals surface area contributed by atoms with E-state index in [-0.39, 0.29) is 0 Å². The van der Waals surface area contributed by atoms with Gasteiger partial charge in [-0.25, -0.2) is 0 Å². The molecule has 2 unspecified atom stereocenters. The van der Waals surface area contributed by atoms with Crippen molar-refractivity contribution in [1.82, 2.24) is 0 Å². The number of aryl methyl sites for hydroxylation is 1. The van der Waals surface area contributed by atoms with Gasteiger partial charge in [0, 0.05) is 11.5 Å². The molecule has 0 N–H and O–H groups in total. The molecule has 1 nitrogen and oxygen atoms in total. The van der Waals surface area contributed by atoms with E-state index < -0.39 is 0 Å². The number of benzene rings is 3. The van der Waals surface area contributed by atoms with Crippen molar-refractivity contribution in [2.45, 2.75) is 45.6 Å². The maximum atomic E-state index is 3.94. The minimum Gasteiger partial charge on any atom is -0.297 e. The molecule has 2 aliphatic carbocycles. The minimum absolute atomic E-state index is 0.293. The topological polar surface area (TPSA) is 3.24 Å². The number of anilines is 1. The van der Waals surface area contributed by atoms with Gasteiger partial charge in [-0.05, 0) is 89.8 Å². The van der Waals surface area contributed by atoms with Crippen LogP contribution in [-0.4, -0.2) is 6.04 Å². The van der Waals surface area contributed by atoms with E-state index in [1.807, 2.05) is 0 Å². The molecule has 0 spiro atoms. The third-order valence-electron chi connectivity index (χ3n) is 7.75. The molecule has 6 rings (SSSR count). The summed E-state index contributed by atoms with van der Waals surface area (Å²) in [6, 6.07) is 22.5. The lowest BCUT2D eigenvalue weighted by atomic mass is 9.84. The van der Waals surface area contributed by atoms with Crippen LogP contribution in [0.5, 0.6) is 0 Å². The summed E-state index contributed by atoms with van der Waals surface area (Å²) in [5, 5.41) is 0. The van der Waals surface area contributed by atoms with Crippen molar-refractivity contribution in [3.63, 3.8) is 0 Å². The van der Waals surface area contributed by atoms with Crippen LogP contribution in [0.4, 0.5) is 5.69 Å². The van der Waals surface area contributed by atoms with E-state index in [1.165, 1.54) is 61.4 Å². The average Bonchev–Trinajstić information content (AvgIpc) is 3.46. The van der Waals surface area contributed by atoms with E-state index >= 15 is 0 Å². The molecule has 0 aromatic heterocycles. The first-order chi connectivity index (χ1) is 16.0. The fourth-order valence-corrected chi connectivity index (χ4v) is 6.74. The molecule has 1 heterocycles. The van der Waals surface area contributed by atoms with Gasteiger partial charge in [-0.15, -0.1) is 0 Å². The molecule has 3 aromatic rings. The quantitative estimate of drug-likeness (QED) is 0.328. The molecule has 2 atom stereocenters. The summed E-state index contributed by atoms with van der Waals surface area (Å²) in [6.07, 6.45) is 9.28. The monoisotopic (exact) mass is 493 g/mol. The Bertz CT molecular complexity index is 1360. The smallest absolute Gasteiger partial charge is 0.0876 e. The van der Waals surface area contributed by atoms with Crippen LogP contribution < -0.4 is 3.93 Å². The Morgan fingerprint density at radius 2 is 1.67 bits per heavy atom. The fourth-order valence-electron chi connectivity index (χ4n) is 5.94. The number of halogens is 1. The number of rotatable bonds is 4. The molecule has 0 fully saturated rings. The highest BCUT2D eigenvalue weighted by atomic mass is 79.9. The Morgan fingerprint density at radius 1 is 0.909 bits per heavy atom. The van der Waals surface area contributed by atoms with Gasteiger partial charge in [0.15, 0.2) is 0 Å². The molecule has 1 aliphatic heterocycles. The molecular formula is C31H28BrN. The van der Waals surface area contributed by atoms with Crippen LogP contribution in [0, 0.1) is 6.92 Å².